The summed E-state index contributed by atoms with van der Waals surface area (Å²) in [7, 11) is 0. The second-order valence-corrected chi connectivity index (χ2v) is 4.77. The Kier molecular flexibility index (Phi) is 3.14. The largest absolute Gasteiger partial charge is 0.485 e. The van der Waals surface area contributed by atoms with Crippen LogP contribution in [0.2, 0.25) is 0 Å². The summed E-state index contributed by atoms with van der Waals surface area (Å²) in [6.07, 6.45) is -0.628. The highest BCUT2D eigenvalue weighted by Gasteiger charge is 2.31. The van der Waals surface area contributed by atoms with Gasteiger partial charge in [-0.15, -0.1) is 0 Å². The molecule has 1 aliphatic heterocycles. The molecule has 2 N–H and O–H groups in total. The van der Waals surface area contributed by atoms with E-state index < -0.39 is 29.6 Å². The molecule has 0 saturated carbocycles. The molecule has 2 aromatic rings. The van der Waals surface area contributed by atoms with E-state index in [-0.39, 0.29) is 17.7 Å². The van der Waals surface area contributed by atoms with Crippen LogP contribution in [0.3, 0.4) is 0 Å². The summed E-state index contributed by atoms with van der Waals surface area (Å²) in [6.45, 7) is 0. The second-order valence-electron chi connectivity index (χ2n) is 4.77. The lowest BCUT2D eigenvalue weighted by atomic mass is 9.93. The fourth-order valence-electron chi connectivity index (χ4n) is 2.47. The predicted octanol–water partition coefficient (Wildman–Crippen LogP) is 3.63. The van der Waals surface area contributed by atoms with E-state index in [0.29, 0.717) is 5.56 Å². The normalized spacial score (nSPS) is 21.2. The van der Waals surface area contributed by atoms with Crippen molar-refractivity contribution in [3.05, 3.63) is 65.0 Å². The number of benzene rings is 2. The van der Waals surface area contributed by atoms with E-state index in [1.807, 2.05) is 0 Å². The molecule has 104 valence electrons. The molecule has 0 saturated heterocycles. The Bertz CT molecular complexity index is 639. The zero-order valence-corrected chi connectivity index (χ0v) is 10.4. The van der Waals surface area contributed by atoms with Crippen molar-refractivity contribution in [1.82, 2.24) is 0 Å². The van der Waals surface area contributed by atoms with Gasteiger partial charge in [0.25, 0.3) is 0 Å². The van der Waals surface area contributed by atoms with Crippen LogP contribution in [0.5, 0.6) is 5.75 Å². The quantitative estimate of drug-likeness (QED) is 0.865. The van der Waals surface area contributed by atoms with Crippen molar-refractivity contribution in [3.8, 4) is 5.75 Å². The third-order valence-corrected chi connectivity index (χ3v) is 3.43. The summed E-state index contributed by atoms with van der Waals surface area (Å²) >= 11 is 0. The molecule has 1 aliphatic rings. The fourth-order valence-corrected chi connectivity index (χ4v) is 2.47. The molecule has 1 heterocycles. The second kappa shape index (κ2) is 4.83. The van der Waals surface area contributed by atoms with Gasteiger partial charge in [0.15, 0.2) is 0 Å². The summed E-state index contributed by atoms with van der Waals surface area (Å²) in [5.41, 5.74) is 6.45. The molecular weight excluding hydrogens is 267 g/mol. The van der Waals surface area contributed by atoms with Gasteiger partial charge in [0.2, 0.25) is 0 Å². The first-order valence-electron chi connectivity index (χ1n) is 6.22. The van der Waals surface area contributed by atoms with Gasteiger partial charge in [-0.05, 0) is 18.2 Å². The third kappa shape index (κ3) is 2.14. The predicted molar refractivity (Wildman–Crippen MR) is 67.7 cm³/mol. The molecule has 0 bridgehead atoms. The van der Waals surface area contributed by atoms with Crippen LogP contribution in [-0.4, -0.2) is 0 Å². The Morgan fingerprint density at radius 2 is 1.75 bits per heavy atom. The van der Waals surface area contributed by atoms with Crippen molar-refractivity contribution < 1.29 is 17.9 Å². The molecule has 0 spiro atoms. The van der Waals surface area contributed by atoms with E-state index in [0.717, 1.165) is 12.1 Å². The Balaban J connectivity index is 2.03. The Hall–Kier alpha value is -2.01. The zero-order chi connectivity index (χ0) is 14.3. The molecule has 2 aromatic carbocycles. The van der Waals surface area contributed by atoms with Gasteiger partial charge < -0.3 is 10.5 Å². The van der Waals surface area contributed by atoms with Crippen LogP contribution >= 0.6 is 0 Å². The van der Waals surface area contributed by atoms with Crippen molar-refractivity contribution in [1.29, 1.82) is 0 Å². The minimum atomic E-state index is -0.861. The highest BCUT2D eigenvalue weighted by Crippen LogP contribution is 2.41. The minimum Gasteiger partial charge on any atom is -0.485 e. The maximum Gasteiger partial charge on any atom is 0.133 e. The third-order valence-electron chi connectivity index (χ3n) is 3.43. The number of nitrogens with two attached hydrogens (primary N) is 1. The van der Waals surface area contributed by atoms with Crippen LogP contribution < -0.4 is 10.5 Å². The molecule has 3 rings (SSSR count). The first kappa shape index (κ1) is 13.0. The lowest BCUT2D eigenvalue weighted by Crippen LogP contribution is -2.25. The Labute approximate surface area is 114 Å². The number of hydrogen-bond donors (Lipinski definition) is 1. The van der Waals surface area contributed by atoms with Crippen molar-refractivity contribution >= 4 is 0 Å². The summed E-state index contributed by atoms with van der Waals surface area (Å²) in [6, 6.07) is 7.14. The summed E-state index contributed by atoms with van der Waals surface area (Å²) in [5.74, 6) is -1.63. The van der Waals surface area contributed by atoms with Crippen LogP contribution in [0.1, 0.15) is 29.7 Å². The van der Waals surface area contributed by atoms with Crippen LogP contribution in [0.4, 0.5) is 13.2 Å². The van der Waals surface area contributed by atoms with Crippen LogP contribution in [0.15, 0.2) is 36.4 Å². The molecule has 0 fully saturated rings. The molecule has 0 aromatic heterocycles. The first-order chi connectivity index (χ1) is 9.56. The molecule has 0 aliphatic carbocycles. The minimum absolute atomic E-state index is 0.169. The standard InChI is InChI=1S/C15H12F3NO/c16-8-4-5-9-12(19)7-14(20-13(9)6-8)15-10(17)2-1-3-11(15)18/h1-6,12,14H,7,19H2/t12-,14?/m0/s1. The van der Waals surface area contributed by atoms with Crippen LogP contribution in [0, 0.1) is 17.5 Å². The molecule has 2 atom stereocenters. The number of halogens is 3. The van der Waals surface area contributed by atoms with E-state index >= 15 is 0 Å². The van der Waals surface area contributed by atoms with Gasteiger partial charge in [-0.3, -0.25) is 0 Å². The highest BCUT2D eigenvalue weighted by atomic mass is 19.1. The number of hydrogen-bond acceptors (Lipinski definition) is 2. The zero-order valence-electron chi connectivity index (χ0n) is 10.4. The SMILES string of the molecule is N[C@H]1CC(c2c(F)cccc2F)Oc2cc(F)ccc21. The first-order valence-corrected chi connectivity index (χ1v) is 6.22. The van der Waals surface area contributed by atoms with Gasteiger partial charge in [0.05, 0.1) is 5.56 Å². The van der Waals surface area contributed by atoms with E-state index in [9.17, 15) is 13.2 Å². The summed E-state index contributed by atoms with van der Waals surface area (Å²) < 4.78 is 46.3. The van der Waals surface area contributed by atoms with Crippen LogP contribution in [-0.2, 0) is 0 Å². The topological polar surface area (TPSA) is 35.2 Å². The average molecular weight is 279 g/mol. The van der Waals surface area contributed by atoms with E-state index in [2.05, 4.69) is 0 Å². The monoisotopic (exact) mass is 279 g/mol. The van der Waals surface area contributed by atoms with Gasteiger partial charge in [-0.25, -0.2) is 13.2 Å². The van der Waals surface area contributed by atoms with Crippen molar-refractivity contribution in [2.75, 3.05) is 0 Å². The van der Waals surface area contributed by atoms with Gasteiger partial charge in [0, 0.05) is 24.1 Å². The van der Waals surface area contributed by atoms with Crippen molar-refractivity contribution in [2.24, 2.45) is 5.73 Å². The lowest BCUT2D eigenvalue weighted by Gasteiger charge is -2.30. The van der Waals surface area contributed by atoms with Gasteiger partial charge in [-0.2, -0.15) is 0 Å². The molecule has 0 amide bonds. The maximum atomic E-state index is 13.8. The van der Waals surface area contributed by atoms with E-state index in [1.165, 1.54) is 24.3 Å². The van der Waals surface area contributed by atoms with Crippen LogP contribution in [0.25, 0.3) is 0 Å². The highest BCUT2D eigenvalue weighted by molar-refractivity contribution is 5.40. The number of ether oxygens (including phenoxy) is 1. The Morgan fingerprint density at radius 1 is 1.05 bits per heavy atom. The van der Waals surface area contributed by atoms with Crippen molar-refractivity contribution in [3.63, 3.8) is 0 Å². The molecule has 2 nitrogen and oxygen atoms in total. The molecule has 0 radical (unpaired) electrons. The summed E-state index contributed by atoms with van der Waals surface area (Å²) in [4.78, 5) is 0. The van der Waals surface area contributed by atoms with Gasteiger partial charge in [-0.1, -0.05) is 12.1 Å². The number of rotatable bonds is 1. The Morgan fingerprint density at radius 3 is 2.45 bits per heavy atom. The number of fused-ring (bicyclic) bond motifs is 1. The van der Waals surface area contributed by atoms with Gasteiger partial charge >= 0.3 is 0 Å². The molecule has 20 heavy (non-hydrogen) atoms. The molecular formula is C15H12F3NO. The molecule has 5 heteroatoms. The van der Waals surface area contributed by atoms with E-state index in [1.54, 1.807) is 0 Å². The van der Waals surface area contributed by atoms with E-state index in [4.69, 9.17) is 10.5 Å². The van der Waals surface area contributed by atoms with Gasteiger partial charge in [0.1, 0.15) is 29.3 Å². The van der Waals surface area contributed by atoms with Crippen molar-refractivity contribution in [2.45, 2.75) is 18.6 Å². The maximum absolute atomic E-state index is 13.8. The lowest BCUT2D eigenvalue weighted by molar-refractivity contribution is 0.152. The molecule has 1 unspecified atom stereocenters. The smallest absolute Gasteiger partial charge is 0.133 e. The summed E-state index contributed by atoms with van der Waals surface area (Å²) in [5, 5.41) is 0. The average Bonchev–Trinajstić information content (AvgIpc) is 2.38. The fraction of sp³-hybridized carbons (Fsp3) is 0.200.